The SMILES string of the molecule is CCCCCCNC(=O)c1cccc2c1CCNC2. The van der Waals surface area contributed by atoms with Gasteiger partial charge in [0, 0.05) is 18.7 Å². The fourth-order valence-electron chi connectivity index (χ4n) is 2.59. The number of nitrogens with one attached hydrogen (secondary N) is 2. The van der Waals surface area contributed by atoms with E-state index in [1.165, 1.54) is 30.4 Å². The standard InChI is InChI=1S/C16H24N2O/c1-2-3-4-5-10-18-16(19)15-8-6-7-13-12-17-11-9-14(13)15/h6-8,17H,2-5,9-12H2,1H3,(H,18,19). The van der Waals surface area contributed by atoms with Gasteiger partial charge in [0.1, 0.15) is 0 Å². The molecule has 19 heavy (non-hydrogen) atoms. The molecule has 0 saturated heterocycles. The normalized spacial score (nSPS) is 13.9. The number of fused-ring (bicyclic) bond motifs is 1. The van der Waals surface area contributed by atoms with Crippen molar-refractivity contribution in [2.24, 2.45) is 0 Å². The smallest absolute Gasteiger partial charge is 0.251 e. The summed E-state index contributed by atoms with van der Waals surface area (Å²) in [5, 5.41) is 6.39. The van der Waals surface area contributed by atoms with E-state index in [0.717, 1.165) is 38.0 Å². The van der Waals surface area contributed by atoms with Gasteiger partial charge >= 0.3 is 0 Å². The van der Waals surface area contributed by atoms with E-state index >= 15 is 0 Å². The minimum Gasteiger partial charge on any atom is -0.352 e. The van der Waals surface area contributed by atoms with Crippen LogP contribution in [0, 0.1) is 0 Å². The first-order valence-corrected chi connectivity index (χ1v) is 7.42. The van der Waals surface area contributed by atoms with Crippen LogP contribution in [0.5, 0.6) is 0 Å². The third-order valence-corrected chi connectivity index (χ3v) is 3.70. The van der Waals surface area contributed by atoms with Crippen molar-refractivity contribution in [1.82, 2.24) is 10.6 Å². The van der Waals surface area contributed by atoms with Crippen molar-refractivity contribution in [3.05, 3.63) is 34.9 Å². The fraction of sp³-hybridized carbons (Fsp3) is 0.562. The predicted octanol–water partition coefficient (Wildman–Crippen LogP) is 2.64. The van der Waals surface area contributed by atoms with Crippen LogP contribution in [0.25, 0.3) is 0 Å². The van der Waals surface area contributed by atoms with Crippen LogP contribution in [0.4, 0.5) is 0 Å². The van der Waals surface area contributed by atoms with Crippen LogP contribution in [-0.4, -0.2) is 19.0 Å². The Balaban J connectivity index is 1.92. The number of rotatable bonds is 6. The Morgan fingerprint density at radius 3 is 3.05 bits per heavy atom. The van der Waals surface area contributed by atoms with Crippen LogP contribution in [0.2, 0.25) is 0 Å². The van der Waals surface area contributed by atoms with E-state index in [9.17, 15) is 4.79 Å². The zero-order valence-electron chi connectivity index (χ0n) is 11.8. The molecule has 0 unspecified atom stereocenters. The van der Waals surface area contributed by atoms with Gasteiger partial charge in [-0.25, -0.2) is 0 Å². The minimum absolute atomic E-state index is 0.0928. The van der Waals surface area contributed by atoms with Gasteiger partial charge in [-0.2, -0.15) is 0 Å². The third kappa shape index (κ3) is 3.80. The summed E-state index contributed by atoms with van der Waals surface area (Å²) >= 11 is 0. The third-order valence-electron chi connectivity index (χ3n) is 3.70. The maximum atomic E-state index is 12.2. The van der Waals surface area contributed by atoms with E-state index in [1.54, 1.807) is 0 Å². The molecule has 1 heterocycles. The molecule has 0 aromatic heterocycles. The molecule has 3 heteroatoms. The van der Waals surface area contributed by atoms with E-state index in [4.69, 9.17) is 0 Å². The highest BCUT2D eigenvalue weighted by Crippen LogP contribution is 2.18. The topological polar surface area (TPSA) is 41.1 Å². The highest BCUT2D eigenvalue weighted by Gasteiger charge is 2.16. The Labute approximate surface area is 115 Å². The summed E-state index contributed by atoms with van der Waals surface area (Å²) in [5.74, 6) is 0.0928. The van der Waals surface area contributed by atoms with Crippen molar-refractivity contribution in [1.29, 1.82) is 0 Å². The molecule has 3 nitrogen and oxygen atoms in total. The second-order valence-electron chi connectivity index (χ2n) is 5.19. The lowest BCUT2D eigenvalue weighted by Gasteiger charge is -2.19. The molecule has 0 saturated carbocycles. The summed E-state index contributed by atoms with van der Waals surface area (Å²) in [7, 11) is 0. The molecular formula is C16H24N2O. The van der Waals surface area contributed by atoms with Crippen molar-refractivity contribution in [2.45, 2.75) is 45.6 Å². The van der Waals surface area contributed by atoms with Crippen LogP contribution in [0.15, 0.2) is 18.2 Å². The summed E-state index contributed by atoms with van der Waals surface area (Å²) < 4.78 is 0. The van der Waals surface area contributed by atoms with Crippen LogP contribution in [-0.2, 0) is 13.0 Å². The molecule has 0 atom stereocenters. The molecule has 104 valence electrons. The van der Waals surface area contributed by atoms with E-state index in [1.807, 2.05) is 12.1 Å². The van der Waals surface area contributed by atoms with Crippen LogP contribution >= 0.6 is 0 Å². The van der Waals surface area contributed by atoms with Gasteiger partial charge in [0.25, 0.3) is 5.91 Å². The van der Waals surface area contributed by atoms with E-state index in [0.29, 0.717) is 0 Å². The Morgan fingerprint density at radius 1 is 1.32 bits per heavy atom. The van der Waals surface area contributed by atoms with Gasteiger partial charge in [-0.15, -0.1) is 0 Å². The van der Waals surface area contributed by atoms with Gasteiger partial charge in [0.2, 0.25) is 0 Å². The monoisotopic (exact) mass is 260 g/mol. The number of unbranched alkanes of at least 4 members (excludes halogenated alkanes) is 3. The lowest BCUT2D eigenvalue weighted by molar-refractivity contribution is 0.0951. The Kier molecular flexibility index (Phi) is 5.40. The second kappa shape index (κ2) is 7.29. The number of carbonyl (C=O) groups excluding carboxylic acids is 1. The molecule has 0 spiro atoms. The molecule has 1 aromatic carbocycles. The molecule has 0 fully saturated rings. The van der Waals surface area contributed by atoms with Crippen LogP contribution in [0.1, 0.15) is 54.1 Å². The highest BCUT2D eigenvalue weighted by molar-refractivity contribution is 5.96. The number of hydrogen-bond donors (Lipinski definition) is 2. The highest BCUT2D eigenvalue weighted by atomic mass is 16.1. The molecule has 1 amide bonds. The largest absolute Gasteiger partial charge is 0.352 e. The summed E-state index contributed by atoms with van der Waals surface area (Å²) in [6.07, 6.45) is 5.72. The molecule has 1 aliphatic heterocycles. The Hall–Kier alpha value is -1.35. The number of carbonyl (C=O) groups is 1. The molecule has 2 rings (SSSR count). The molecule has 0 bridgehead atoms. The molecule has 2 N–H and O–H groups in total. The maximum Gasteiger partial charge on any atom is 0.251 e. The van der Waals surface area contributed by atoms with Crippen molar-refractivity contribution >= 4 is 5.91 Å². The fourth-order valence-corrected chi connectivity index (χ4v) is 2.59. The quantitative estimate of drug-likeness (QED) is 0.772. The van der Waals surface area contributed by atoms with E-state index < -0.39 is 0 Å². The van der Waals surface area contributed by atoms with Gasteiger partial charge in [0.15, 0.2) is 0 Å². The molecule has 1 aromatic rings. The van der Waals surface area contributed by atoms with E-state index in [2.05, 4.69) is 23.6 Å². The lowest BCUT2D eigenvalue weighted by atomic mass is 9.95. The summed E-state index contributed by atoms with van der Waals surface area (Å²) in [6.45, 7) is 4.84. The predicted molar refractivity (Wildman–Crippen MR) is 78.3 cm³/mol. The molecule has 0 aliphatic carbocycles. The Morgan fingerprint density at radius 2 is 2.21 bits per heavy atom. The van der Waals surface area contributed by atoms with Gasteiger partial charge in [-0.05, 0) is 36.6 Å². The zero-order chi connectivity index (χ0) is 13.5. The van der Waals surface area contributed by atoms with Crippen molar-refractivity contribution in [3.8, 4) is 0 Å². The average Bonchev–Trinajstić information content (AvgIpc) is 2.46. The second-order valence-corrected chi connectivity index (χ2v) is 5.19. The summed E-state index contributed by atoms with van der Waals surface area (Å²) in [4.78, 5) is 12.2. The lowest BCUT2D eigenvalue weighted by Crippen LogP contribution is -2.29. The van der Waals surface area contributed by atoms with Crippen molar-refractivity contribution in [3.63, 3.8) is 0 Å². The summed E-state index contributed by atoms with van der Waals surface area (Å²) in [6, 6.07) is 6.04. The first kappa shape index (κ1) is 14.1. The first-order chi connectivity index (χ1) is 9.33. The molecule has 0 radical (unpaired) electrons. The van der Waals surface area contributed by atoms with Crippen molar-refractivity contribution < 1.29 is 4.79 Å². The van der Waals surface area contributed by atoms with E-state index in [-0.39, 0.29) is 5.91 Å². The minimum atomic E-state index is 0.0928. The number of amides is 1. The van der Waals surface area contributed by atoms with Gasteiger partial charge < -0.3 is 10.6 Å². The zero-order valence-corrected chi connectivity index (χ0v) is 11.8. The van der Waals surface area contributed by atoms with Gasteiger partial charge in [-0.3, -0.25) is 4.79 Å². The van der Waals surface area contributed by atoms with Crippen molar-refractivity contribution in [2.75, 3.05) is 13.1 Å². The first-order valence-electron chi connectivity index (χ1n) is 7.42. The van der Waals surface area contributed by atoms with Crippen LogP contribution < -0.4 is 10.6 Å². The van der Waals surface area contributed by atoms with Gasteiger partial charge in [0.05, 0.1) is 0 Å². The summed E-state index contributed by atoms with van der Waals surface area (Å²) in [5.41, 5.74) is 3.37. The van der Waals surface area contributed by atoms with Crippen LogP contribution in [0.3, 0.4) is 0 Å². The Bertz CT molecular complexity index is 429. The maximum absolute atomic E-state index is 12.2. The average molecular weight is 260 g/mol. The molecule has 1 aliphatic rings. The molecular weight excluding hydrogens is 236 g/mol. The number of benzene rings is 1. The number of hydrogen-bond acceptors (Lipinski definition) is 2. The van der Waals surface area contributed by atoms with Gasteiger partial charge in [-0.1, -0.05) is 38.3 Å².